The molecule has 1 fully saturated rings. The molecule has 1 N–H and O–H groups in total. The SMILES string of the molecule is CCC(CC)C(=O)/C=C(\O)C(CC)CC.[2H]c1nc(-c2[c-]c3ccccc3c([Si](C)(C)C)c2)c2sc3cc(C4([2H])CC(C)(C)CC(C)(C)C4)ccc3c2n1.[Ir]. The number of rotatable bonds is 10. The van der Waals surface area contributed by atoms with Gasteiger partial charge in [0.25, 0.3) is 0 Å². The van der Waals surface area contributed by atoms with Gasteiger partial charge in [-0.3, -0.25) is 9.78 Å². The Bertz CT molecular complexity index is 2160. The number of aliphatic hydroxyl groups is 1. The first kappa shape index (κ1) is 40.0. The number of allylic oxidation sites excluding steroid dienone is 2. The topological polar surface area (TPSA) is 63.1 Å². The molecule has 4 nitrogen and oxygen atoms in total. The van der Waals surface area contributed by atoms with Gasteiger partial charge in [0, 0.05) is 59.9 Å². The number of benzene rings is 3. The van der Waals surface area contributed by atoms with Gasteiger partial charge in [-0.05, 0) is 73.3 Å². The summed E-state index contributed by atoms with van der Waals surface area (Å²) in [5.41, 5.74) is 3.89. The van der Waals surface area contributed by atoms with Crippen LogP contribution in [0.25, 0.3) is 42.3 Å². The van der Waals surface area contributed by atoms with Crippen molar-refractivity contribution < 1.29 is 32.7 Å². The molecule has 2 aromatic heterocycles. The number of hydrogen-bond acceptors (Lipinski definition) is 5. The van der Waals surface area contributed by atoms with Gasteiger partial charge < -0.3 is 5.11 Å². The Balaban J connectivity index is 0.000000360. The van der Waals surface area contributed by atoms with Crippen molar-refractivity contribution in [2.45, 2.75) is 126 Å². The van der Waals surface area contributed by atoms with Crippen LogP contribution in [0, 0.1) is 28.7 Å². The number of nitrogens with zero attached hydrogens (tertiary/aromatic N) is 2. The Kier molecular flexibility index (Phi) is 13.1. The monoisotopic (exact) mass is 928 g/mol. The molecule has 0 aliphatic heterocycles. The third-order valence-electron chi connectivity index (χ3n) is 10.9. The number of thiophene rings is 1. The zero-order valence-corrected chi connectivity index (χ0v) is 38.0. The molecule has 1 aliphatic carbocycles. The van der Waals surface area contributed by atoms with Crippen LogP contribution < -0.4 is 5.19 Å². The summed E-state index contributed by atoms with van der Waals surface area (Å²) in [5.74, 6) is -0.0746. The van der Waals surface area contributed by atoms with Crippen LogP contribution in [-0.2, 0) is 24.9 Å². The summed E-state index contributed by atoms with van der Waals surface area (Å²) >= 11 is 1.69. The first-order valence-electron chi connectivity index (χ1n) is 20.4. The number of fused-ring (bicyclic) bond motifs is 4. The van der Waals surface area contributed by atoms with Crippen molar-refractivity contribution in [3.05, 3.63) is 78.3 Å². The van der Waals surface area contributed by atoms with Crippen molar-refractivity contribution in [1.82, 2.24) is 9.97 Å². The summed E-state index contributed by atoms with van der Waals surface area (Å²) in [6.07, 6.45) is 7.79. The fraction of sp³-hybridized carbons (Fsp3) is 0.500. The predicted octanol–water partition coefficient (Wildman–Crippen LogP) is 13.2. The van der Waals surface area contributed by atoms with Crippen LogP contribution in [-0.4, -0.2) is 28.9 Å². The van der Waals surface area contributed by atoms with Crippen LogP contribution in [0.2, 0.25) is 19.6 Å². The summed E-state index contributed by atoms with van der Waals surface area (Å²) in [5, 5.41) is 14.5. The average molecular weight is 928 g/mol. The van der Waals surface area contributed by atoms with E-state index in [1.165, 1.54) is 16.6 Å². The summed E-state index contributed by atoms with van der Waals surface area (Å²) in [6, 6.07) is 20.9. The van der Waals surface area contributed by atoms with Crippen LogP contribution in [0.5, 0.6) is 0 Å². The zero-order chi connectivity index (χ0) is 39.8. The Morgan fingerprint density at radius 2 is 1.58 bits per heavy atom. The minimum absolute atomic E-state index is 0. The molecular weight excluding hydrogens is 865 g/mol. The van der Waals surface area contributed by atoms with Crippen molar-refractivity contribution in [2.75, 3.05) is 0 Å². The van der Waals surface area contributed by atoms with E-state index in [0.29, 0.717) is 0 Å². The van der Waals surface area contributed by atoms with E-state index in [2.05, 4.69) is 112 Å². The predicted molar refractivity (Wildman–Crippen MR) is 228 cm³/mol. The minimum atomic E-state index is -1.66. The first-order chi connectivity index (χ1) is 25.2. The number of aliphatic hydroxyl groups excluding tert-OH is 1. The van der Waals surface area contributed by atoms with E-state index in [-0.39, 0.29) is 60.6 Å². The van der Waals surface area contributed by atoms with E-state index >= 15 is 0 Å². The number of ketones is 1. The summed E-state index contributed by atoms with van der Waals surface area (Å²) < 4.78 is 20.2. The largest absolute Gasteiger partial charge is 0.512 e. The molecule has 0 unspecified atom stereocenters. The van der Waals surface area contributed by atoms with Crippen LogP contribution in [0.3, 0.4) is 0 Å². The van der Waals surface area contributed by atoms with Crippen molar-refractivity contribution in [3.63, 3.8) is 0 Å². The molecule has 0 atom stereocenters. The van der Waals surface area contributed by atoms with Crippen molar-refractivity contribution >= 4 is 61.5 Å². The Labute approximate surface area is 340 Å². The van der Waals surface area contributed by atoms with E-state index in [4.69, 9.17) is 1.37 Å². The molecule has 0 amide bonds. The van der Waals surface area contributed by atoms with Gasteiger partial charge in [0.2, 0.25) is 0 Å². The number of carbonyl (C=O) groups is 1. The molecule has 53 heavy (non-hydrogen) atoms. The van der Waals surface area contributed by atoms with E-state index in [1.807, 2.05) is 27.7 Å². The van der Waals surface area contributed by atoms with Gasteiger partial charge in [0.05, 0.1) is 19.3 Å². The average Bonchev–Trinajstić information content (AvgIpc) is 3.44. The summed E-state index contributed by atoms with van der Waals surface area (Å²) in [6.45, 7) is 24.4. The van der Waals surface area contributed by atoms with Gasteiger partial charge in [0.1, 0.15) is 7.67 Å². The second-order valence-corrected chi connectivity index (χ2v) is 23.6. The molecule has 287 valence electrons. The molecule has 0 spiro atoms. The van der Waals surface area contributed by atoms with Crippen molar-refractivity contribution in [3.8, 4) is 11.3 Å². The van der Waals surface area contributed by atoms with Crippen LogP contribution >= 0.6 is 11.3 Å². The quantitative estimate of drug-likeness (QED) is 0.0656. The molecule has 1 radical (unpaired) electrons. The second-order valence-electron chi connectivity index (χ2n) is 17.5. The molecule has 3 aromatic carbocycles. The minimum Gasteiger partial charge on any atom is -0.512 e. The molecule has 1 aliphatic rings. The fourth-order valence-corrected chi connectivity index (χ4v) is 11.3. The fourth-order valence-electron chi connectivity index (χ4n) is 8.53. The standard InChI is InChI=1S/C33H37N2SSi.C13H24O2.Ir/c1-32(2)17-24(18-33(3,4)19-32)21-12-13-26-27(15-21)36-31-29(34-20-35-30(26)31)23-14-22-10-8-9-11-25(22)28(16-23)37(5,6)7;1-5-10(6-2)12(14)9-13(15)11(7-3)8-4;/h8-13,15-16,20,24H,17-19H2,1-7H3;9-11,14H,5-8H2,1-4H3;/q-1;;/b;12-9-;/i20D,24D;;. The molecule has 5 aromatic rings. The van der Waals surface area contributed by atoms with Crippen LogP contribution in [0.4, 0.5) is 0 Å². The molecule has 1 saturated carbocycles. The molecule has 0 saturated heterocycles. The van der Waals surface area contributed by atoms with Crippen LogP contribution in [0.15, 0.2) is 66.7 Å². The van der Waals surface area contributed by atoms with Gasteiger partial charge in [0.15, 0.2) is 5.78 Å². The molecular formula is C46H61IrN2O2SSi-. The van der Waals surface area contributed by atoms with Gasteiger partial charge in [-0.15, -0.1) is 40.1 Å². The Morgan fingerprint density at radius 3 is 2.19 bits per heavy atom. The molecule has 2 heterocycles. The number of aromatic nitrogens is 2. The Hall–Kier alpha value is -2.70. The smallest absolute Gasteiger partial charge is 0.162 e. The third kappa shape index (κ3) is 9.95. The Morgan fingerprint density at radius 1 is 0.962 bits per heavy atom. The van der Waals surface area contributed by atoms with Crippen LogP contribution in [0.1, 0.15) is 115 Å². The third-order valence-corrected chi connectivity index (χ3v) is 14.1. The van der Waals surface area contributed by atoms with Gasteiger partial charge in [-0.25, -0.2) is 4.98 Å². The molecule has 0 bridgehead atoms. The van der Waals surface area contributed by atoms with E-state index in [9.17, 15) is 11.3 Å². The molecule has 6 rings (SSSR count). The molecule has 7 heteroatoms. The van der Waals surface area contributed by atoms with Gasteiger partial charge >= 0.3 is 0 Å². The maximum absolute atomic E-state index is 11.7. The zero-order valence-electron chi connectivity index (χ0n) is 35.8. The first-order valence-corrected chi connectivity index (χ1v) is 23.7. The van der Waals surface area contributed by atoms with Crippen molar-refractivity contribution in [1.29, 1.82) is 0 Å². The number of carbonyl (C=O) groups excluding carboxylic acids is 1. The summed E-state index contributed by atoms with van der Waals surface area (Å²) in [4.78, 5) is 21.0. The van der Waals surface area contributed by atoms with E-state index < -0.39 is 14.0 Å². The van der Waals surface area contributed by atoms with Gasteiger partial charge in [-0.2, -0.15) is 0 Å². The van der Waals surface area contributed by atoms with Crippen molar-refractivity contribution in [2.24, 2.45) is 22.7 Å². The van der Waals surface area contributed by atoms with E-state index in [1.54, 1.807) is 11.3 Å². The normalized spacial score (nSPS) is 17.3. The maximum atomic E-state index is 11.7. The number of hydrogen-bond donors (Lipinski definition) is 1. The van der Waals surface area contributed by atoms with E-state index in [0.717, 1.165) is 87.5 Å². The second kappa shape index (κ2) is 17.4. The summed E-state index contributed by atoms with van der Waals surface area (Å²) in [7, 11) is -1.66. The maximum Gasteiger partial charge on any atom is 0.162 e. The van der Waals surface area contributed by atoms with Gasteiger partial charge in [-0.1, -0.05) is 116 Å².